The van der Waals surface area contributed by atoms with Crippen molar-refractivity contribution >= 4 is 21.6 Å². The molecule has 2 aromatic heterocycles. The summed E-state index contributed by atoms with van der Waals surface area (Å²) >= 11 is 1.29. The van der Waals surface area contributed by atoms with E-state index in [1.165, 1.54) is 41.1 Å². The number of likely N-dealkylation sites (tertiary alicyclic amines) is 1. The minimum Gasteiger partial charge on any atom is -0.489 e. The first kappa shape index (κ1) is 21.6. The second-order valence-electron chi connectivity index (χ2n) is 8.78. The van der Waals surface area contributed by atoms with Crippen molar-refractivity contribution in [3.05, 3.63) is 51.6 Å². The van der Waals surface area contributed by atoms with Crippen LogP contribution in [0.4, 0.5) is 4.39 Å². The standard InChI is InChI=1S/C24H28FN3O3S/c25-18-13-17(7-8-20(18)31-12-11-27-9-3-4-10-27)28-15-26-19-14-21(32-23(19)24(28)30)22(29)16-5-1-2-6-16/h7-8,13-16,22,29H,1-6,9-12H2. The van der Waals surface area contributed by atoms with Crippen LogP contribution in [0.25, 0.3) is 15.9 Å². The molecule has 3 aromatic rings. The number of thiophene rings is 1. The quantitative estimate of drug-likeness (QED) is 0.574. The maximum absolute atomic E-state index is 14.7. The van der Waals surface area contributed by atoms with Crippen molar-refractivity contribution in [3.63, 3.8) is 0 Å². The summed E-state index contributed by atoms with van der Waals surface area (Å²) in [6, 6.07) is 6.36. The molecule has 1 aliphatic heterocycles. The molecule has 32 heavy (non-hydrogen) atoms. The average Bonchev–Trinajstić information content (AvgIpc) is 3.56. The third-order valence-corrected chi connectivity index (χ3v) is 7.84. The van der Waals surface area contributed by atoms with Gasteiger partial charge in [0.2, 0.25) is 0 Å². The van der Waals surface area contributed by atoms with E-state index >= 15 is 0 Å². The van der Waals surface area contributed by atoms with Gasteiger partial charge in [-0.3, -0.25) is 14.3 Å². The summed E-state index contributed by atoms with van der Waals surface area (Å²) in [7, 11) is 0. The van der Waals surface area contributed by atoms with Crippen LogP contribution in [0.2, 0.25) is 0 Å². The van der Waals surface area contributed by atoms with Crippen molar-refractivity contribution in [1.29, 1.82) is 0 Å². The highest BCUT2D eigenvalue weighted by Crippen LogP contribution is 2.39. The Morgan fingerprint density at radius 3 is 2.72 bits per heavy atom. The van der Waals surface area contributed by atoms with E-state index in [4.69, 9.17) is 4.74 Å². The monoisotopic (exact) mass is 457 g/mol. The zero-order valence-corrected chi connectivity index (χ0v) is 18.8. The lowest BCUT2D eigenvalue weighted by Gasteiger charge is -2.15. The summed E-state index contributed by atoms with van der Waals surface area (Å²) < 4.78 is 22.1. The molecule has 1 saturated carbocycles. The van der Waals surface area contributed by atoms with Gasteiger partial charge in [0.05, 0.1) is 17.3 Å². The van der Waals surface area contributed by atoms with Gasteiger partial charge in [0.15, 0.2) is 11.6 Å². The molecule has 0 spiro atoms. The summed E-state index contributed by atoms with van der Waals surface area (Å²) in [6.07, 6.45) is 7.59. The summed E-state index contributed by atoms with van der Waals surface area (Å²) in [5, 5.41) is 10.7. The second-order valence-corrected chi connectivity index (χ2v) is 9.87. The first-order valence-electron chi connectivity index (χ1n) is 11.4. The Balaban J connectivity index is 1.35. The Kier molecular flexibility index (Phi) is 6.26. The predicted molar refractivity (Wildman–Crippen MR) is 123 cm³/mol. The summed E-state index contributed by atoms with van der Waals surface area (Å²) in [5.74, 6) is -0.0648. The van der Waals surface area contributed by atoms with Crippen molar-refractivity contribution in [2.45, 2.75) is 44.6 Å². The minimum atomic E-state index is -0.556. The highest BCUT2D eigenvalue weighted by molar-refractivity contribution is 7.19. The number of fused-ring (bicyclic) bond motifs is 1. The van der Waals surface area contributed by atoms with Crippen LogP contribution in [0.1, 0.15) is 49.5 Å². The zero-order chi connectivity index (χ0) is 22.1. The van der Waals surface area contributed by atoms with Crippen LogP contribution in [0.15, 0.2) is 35.4 Å². The summed E-state index contributed by atoms with van der Waals surface area (Å²) in [5.41, 5.74) is 0.720. The molecule has 0 amide bonds. The van der Waals surface area contributed by atoms with Crippen LogP contribution in [0, 0.1) is 11.7 Å². The van der Waals surface area contributed by atoms with E-state index in [1.807, 2.05) is 6.07 Å². The molecule has 2 aliphatic rings. The molecule has 1 aromatic carbocycles. The number of nitrogens with zero attached hydrogens (tertiary/aromatic N) is 3. The van der Waals surface area contributed by atoms with E-state index in [-0.39, 0.29) is 17.2 Å². The molecule has 0 radical (unpaired) electrons. The van der Waals surface area contributed by atoms with E-state index in [1.54, 1.807) is 12.1 Å². The fraction of sp³-hybridized carbons (Fsp3) is 0.500. The highest BCUT2D eigenvalue weighted by Gasteiger charge is 2.26. The lowest BCUT2D eigenvalue weighted by atomic mass is 10.00. The van der Waals surface area contributed by atoms with Gasteiger partial charge in [-0.2, -0.15) is 0 Å². The fourth-order valence-corrected chi connectivity index (χ4v) is 5.93. The van der Waals surface area contributed by atoms with Gasteiger partial charge in [-0.25, -0.2) is 9.37 Å². The maximum atomic E-state index is 14.7. The molecule has 1 unspecified atom stereocenters. The molecule has 1 aliphatic carbocycles. The van der Waals surface area contributed by atoms with Crippen LogP contribution in [0.3, 0.4) is 0 Å². The fourth-order valence-electron chi connectivity index (χ4n) is 4.81. The van der Waals surface area contributed by atoms with Crippen LogP contribution < -0.4 is 10.3 Å². The van der Waals surface area contributed by atoms with Crippen molar-refractivity contribution in [2.75, 3.05) is 26.2 Å². The number of aliphatic hydroxyl groups excluding tert-OH is 1. The first-order chi connectivity index (χ1) is 15.6. The molecule has 5 rings (SSSR count). The first-order valence-corrected chi connectivity index (χ1v) is 12.3. The molecule has 0 bridgehead atoms. The van der Waals surface area contributed by atoms with E-state index < -0.39 is 11.9 Å². The lowest BCUT2D eigenvalue weighted by molar-refractivity contribution is 0.115. The van der Waals surface area contributed by atoms with Gasteiger partial charge in [0.25, 0.3) is 5.56 Å². The second kappa shape index (κ2) is 9.29. The molecule has 1 atom stereocenters. The Morgan fingerprint density at radius 1 is 1.19 bits per heavy atom. The number of aliphatic hydroxyl groups is 1. The van der Waals surface area contributed by atoms with Gasteiger partial charge in [0, 0.05) is 17.5 Å². The van der Waals surface area contributed by atoms with Crippen LogP contribution in [-0.2, 0) is 0 Å². The SMILES string of the molecule is O=c1c2sc(C(O)C3CCCC3)cc2ncn1-c1ccc(OCCN2CCCC2)c(F)c1. The zero-order valence-electron chi connectivity index (χ0n) is 18.0. The normalized spacial score (nSPS) is 18.6. The number of ether oxygens (including phenoxy) is 1. The molecule has 2 fully saturated rings. The Morgan fingerprint density at radius 2 is 1.97 bits per heavy atom. The van der Waals surface area contributed by atoms with E-state index in [0.29, 0.717) is 22.5 Å². The van der Waals surface area contributed by atoms with Gasteiger partial charge in [-0.05, 0) is 62.9 Å². The Bertz CT molecular complexity index is 1150. The number of hydrogen-bond acceptors (Lipinski definition) is 6. The maximum Gasteiger partial charge on any atom is 0.275 e. The van der Waals surface area contributed by atoms with Crippen molar-refractivity contribution in [1.82, 2.24) is 14.5 Å². The molecule has 1 N–H and O–H groups in total. The minimum absolute atomic E-state index is 0.188. The predicted octanol–water partition coefficient (Wildman–Crippen LogP) is 4.28. The van der Waals surface area contributed by atoms with E-state index in [0.717, 1.165) is 50.2 Å². The average molecular weight is 458 g/mol. The van der Waals surface area contributed by atoms with Gasteiger partial charge >= 0.3 is 0 Å². The van der Waals surface area contributed by atoms with Crippen LogP contribution in [0.5, 0.6) is 5.75 Å². The van der Waals surface area contributed by atoms with Gasteiger partial charge in [0.1, 0.15) is 17.6 Å². The third kappa shape index (κ3) is 4.31. The van der Waals surface area contributed by atoms with Gasteiger partial charge in [-0.15, -0.1) is 11.3 Å². The summed E-state index contributed by atoms with van der Waals surface area (Å²) in [6.45, 7) is 3.37. The number of hydrogen-bond donors (Lipinski definition) is 1. The van der Waals surface area contributed by atoms with Crippen molar-refractivity contribution < 1.29 is 14.2 Å². The summed E-state index contributed by atoms with van der Waals surface area (Å²) in [4.78, 5) is 20.6. The van der Waals surface area contributed by atoms with Crippen molar-refractivity contribution in [2.24, 2.45) is 5.92 Å². The van der Waals surface area contributed by atoms with Crippen LogP contribution >= 0.6 is 11.3 Å². The Hall–Kier alpha value is -2.29. The molecule has 6 nitrogen and oxygen atoms in total. The molecule has 1 saturated heterocycles. The van der Waals surface area contributed by atoms with E-state index in [9.17, 15) is 14.3 Å². The molecular weight excluding hydrogens is 429 g/mol. The largest absolute Gasteiger partial charge is 0.489 e. The number of benzene rings is 1. The molecule has 8 heteroatoms. The van der Waals surface area contributed by atoms with Gasteiger partial charge < -0.3 is 9.84 Å². The molecule has 3 heterocycles. The van der Waals surface area contributed by atoms with Crippen molar-refractivity contribution in [3.8, 4) is 11.4 Å². The highest BCUT2D eigenvalue weighted by atomic mass is 32.1. The number of aromatic nitrogens is 2. The molecule has 170 valence electrons. The number of rotatable bonds is 7. The number of halogens is 1. The van der Waals surface area contributed by atoms with E-state index in [2.05, 4.69) is 9.88 Å². The third-order valence-electron chi connectivity index (χ3n) is 6.65. The van der Waals surface area contributed by atoms with Gasteiger partial charge in [-0.1, -0.05) is 12.8 Å². The molecular formula is C24H28FN3O3S. The topological polar surface area (TPSA) is 67.6 Å². The Labute approximate surface area is 190 Å². The lowest BCUT2D eigenvalue weighted by Crippen LogP contribution is -2.25. The smallest absolute Gasteiger partial charge is 0.275 e. The van der Waals surface area contributed by atoms with Crippen LogP contribution in [-0.4, -0.2) is 45.8 Å².